The summed E-state index contributed by atoms with van der Waals surface area (Å²) in [4.78, 5) is 25.0. The number of benzene rings is 3. The van der Waals surface area contributed by atoms with E-state index in [0.29, 0.717) is 29.0 Å². The van der Waals surface area contributed by atoms with Crippen LogP contribution in [-0.4, -0.2) is 24.7 Å². The van der Waals surface area contributed by atoms with Crippen LogP contribution in [-0.2, 0) is 0 Å². The maximum Gasteiger partial charge on any atom is 0.343 e. The molecule has 0 aliphatic carbocycles. The van der Waals surface area contributed by atoms with Crippen LogP contribution >= 0.6 is 15.9 Å². The van der Waals surface area contributed by atoms with Crippen LogP contribution in [0.1, 0.15) is 51.6 Å². The van der Waals surface area contributed by atoms with Crippen molar-refractivity contribution in [3.05, 3.63) is 93.5 Å². The summed E-state index contributed by atoms with van der Waals surface area (Å²) < 4.78 is 12.0. The first kappa shape index (κ1) is 24.2. The van der Waals surface area contributed by atoms with Crippen molar-refractivity contribution in [2.45, 2.75) is 26.7 Å². The molecular weight excluding hydrogens is 484 g/mol. The van der Waals surface area contributed by atoms with Crippen molar-refractivity contribution in [2.24, 2.45) is 5.10 Å². The first-order valence-corrected chi connectivity index (χ1v) is 11.4. The lowest BCUT2D eigenvalue weighted by Crippen LogP contribution is -2.17. The second kappa shape index (κ2) is 12.0. The van der Waals surface area contributed by atoms with Crippen LogP contribution in [0.15, 0.2) is 76.3 Å². The average Bonchev–Trinajstić information content (AvgIpc) is 2.81. The van der Waals surface area contributed by atoms with Gasteiger partial charge in [-0.15, -0.1) is 0 Å². The van der Waals surface area contributed by atoms with E-state index in [1.54, 1.807) is 54.6 Å². The minimum Gasteiger partial charge on any atom is -0.494 e. The zero-order chi connectivity index (χ0) is 23.6. The summed E-state index contributed by atoms with van der Waals surface area (Å²) >= 11 is 3.40. The Labute approximate surface area is 201 Å². The number of esters is 1. The fraction of sp³-hybridized carbons (Fsp3) is 0.192. The van der Waals surface area contributed by atoms with Gasteiger partial charge in [-0.3, -0.25) is 4.79 Å². The molecule has 6 nitrogen and oxygen atoms in total. The van der Waals surface area contributed by atoms with E-state index >= 15 is 0 Å². The van der Waals surface area contributed by atoms with Gasteiger partial charge in [0.1, 0.15) is 11.5 Å². The second-order valence-electron chi connectivity index (χ2n) is 7.31. The molecule has 0 saturated heterocycles. The van der Waals surface area contributed by atoms with Gasteiger partial charge in [-0.1, -0.05) is 47.5 Å². The maximum atomic E-state index is 12.6. The highest BCUT2D eigenvalue weighted by molar-refractivity contribution is 9.10. The third-order valence-corrected chi connectivity index (χ3v) is 5.29. The molecule has 33 heavy (non-hydrogen) atoms. The standard InChI is InChI=1S/C26H25BrN2O4/c1-3-4-15-32-22-12-9-19(10-13-22)25(30)29-28-17-20-16-21(27)11-14-24(20)33-26(31)23-8-6-5-7-18(23)2/h5-14,16-17H,3-4,15H2,1-2H3,(H,29,30)/b28-17+. The number of aryl methyl sites for hydroxylation is 1. The molecule has 0 aliphatic heterocycles. The predicted octanol–water partition coefficient (Wildman–Crippen LogP) is 5.92. The molecule has 0 radical (unpaired) electrons. The molecule has 0 aromatic heterocycles. The largest absolute Gasteiger partial charge is 0.494 e. The zero-order valence-electron chi connectivity index (χ0n) is 18.5. The Morgan fingerprint density at radius 1 is 1.06 bits per heavy atom. The topological polar surface area (TPSA) is 77.0 Å². The number of carbonyl (C=O) groups is 2. The zero-order valence-corrected chi connectivity index (χ0v) is 20.1. The van der Waals surface area contributed by atoms with Crippen LogP contribution in [0.2, 0.25) is 0 Å². The number of hydrazone groups is 1. The Morgan fingerprint density at radius 3 is 2.55 bits per heavy atom. The summed E-state index contributed by atoms with van der Waals surface area (Å²) in [6.45, 7) is 4.60. The van der Waals surface area contributed by atoms with E-state index in [0.717, 1.165) is 28.6 Å². The second-order valence-corrected chi connectivity index (χ2v) is 8.23. The molecule has 0 atom stereocenters. The first-order valence-electron chi connectivity index (χ1n) is 10.6. The van der Waals surface area contributed by atoms with Crippen LogP contribution in [0, 0.1) is 6.92 Å². The van der Waals surface area contributed by atoms with Gasteiger partial charge in [-0.2, -0.15) is 5.10 Å². The highest BCUT2D eigenvalue weighted by Gasteiger charge is 2.13. The van der Waals surface area contributed by atoms with Crippen molar-refractivity contribution in [1.29, 1.82) is 0 Å². The Kier molecular flexibility index (Phi) is 8.78. The normalized spacial score (nSPS) is 10.8. The van der Waals surface area contributed by atoms with Gasteiger partial charge in [-0.25, -0.2) is 10.2 Å². The molecule has 1 amide bonds. The van der Waals surface area contributed by atoms with Crippen LogP contribution in [0.4, 0.5) is 0 Å². The Bertz CT molecular complexity index is 1140. The van der Waals surface area contributed by atoms with Gasteiger partial charge in [0.2, 0.25) is 0 Å². The molecule has 0 unspecified atom stereocenters. The number of halogens is 1. The van der Waals surface area contributed by atoms with Crippen LogP contribution < -0.4 is 14.9 Å². The monoisotopic (exact) mass is 508 g/mol. The molecule has 3 aromatic carbocycles. The number of unbranched alkanes of at least 4 members (excludes halogenated alkanes) is 1. The number of hydrogen-bond acceptors (Lipinski definition) is 5. The molecule has 3 rings (SSSR count). The molecule has 0 spiro atoms. The van der Waals surface area contributed by atoms with E-state index in [2.05, 4.69) is 33.4 Å². The summed E-state index contributed by atoms with van der Waals surface area (Å²) in [6.07, 6.45) is 3.48. The summed E-state index contributed by atoms with van der Waals surface area (Å²) in [5.74, 6) is 0.228. The van der Waals surface area contributed by atoms with E-state index in [-0.39, 0.29) is 5.91 Å². The summed E-state index contributed by atoms with van der Waals surface area (Å²) in [6, 6.07) is 19.3. The number of nitrogens with zero attached hydrogens (tertiary/aromatic N) is 1. The lowest BCUT2D eigenvalue weighted by Gasteiger charge is -2.09. The molecule has 0 heterocycles. The third kappa shape index (κ3) is 7.02. The molecule has 0 bridgehead atoms. The van der Waals surface area contributed by atoms with Crippen LogP contribution in [0.25, 0.3) is 0 Å². The van der Waals surface area contributed by atoms with Crippen molar-refractivity contribution in [2.75, 3.05) is 6.61 Å². The summed E-state index contributed by atoms with van der Waals surface area (Å²) in [7, 11) is 0. The van der Waals surface area contributed by atoms with Gasteiger partial charge in [-0.05, 0) is 67.4 Å². The van der Waals surface area contributed by atoms with Gasteiger partial charge >= 0.3 is 5.97 Å². The number of hydrogen-bond donors (Lipinski definition) is 1. The Balaban J connectivity index is 1.66. The smallest absolute Gasteiger partial charge is 0.343 e. The van der Waals surface area contributed by atoms with E-state index in [9.17, 15) is 9.59 Å². The molecular formula is C26H25BrN2O4. The Morgan fingerprint density at radius 2 is 1.82 bits per heavy atom. The molecule has 0 aliphatic rings. The van der Waals surface area contributed by atoms with Gasteiger partial charge in [0.05, 0.1) is 18.4 Å². The lowest BCUT2D eigenvalue weighted by atomic mass is 10.1. The molecule has 3 aromatic rings. The first-order chi connectivity index (χ1) is 16.0. The number of nitrogens with one attached hydrogen (secondary N) is 1. The molecule has 7 heteroatoms. The predicted molar refractivity (Wildman–Crippen MR) is 132 cm³/mol. The lowest BCUT2D eigenvalue weighted by molar-refractivity contribution is 0.0733. The maximum absolute atomic E-state index is 12.6. The Hall–Kier alpha value is -3.45. The van der Waals surface area contributed by atoms with Crippen molar-refractivity contribution < 1.29 is 19.1 Å². The van der Waals surface area contributed by atoms with Crippen molar-refractivity contribution in [3.63, 3.8) is 0 Å². The van der Waals surface area contributed by atoms with Crippen LogP contribution in [0.3, 0.4) is 0 Å². The third-order valence-electron chi connectivity index (χ3n) is 4.79. The molecule has 1 N–H and O–H groups in total. The van der Waals surface area contributed by atoms with Crippen molar-refractivity contribution in [3.8, 4) is 11.5 Å². The molecule has 170 valence electrons. The fourth-order valence-corrected chi connectivity index (χ4v) is 3.31. The summed E-state index contributed by atoms with van der Waals surface area (Å²) in [5, 5.41) is 4.03. The quantitative estimate of drug-likeness (QED) is 0.128. The minimum absolute atomic E-state index is 0.332. The SMILES string of the molecule is CCCCOc1ccc(C(=O)N/N=C/c2cc(Br)ccc2OC(=O)c2ccccc2C)cc1. The molecule has 0 fully saturated rings. The van der Waals surface area contributed by atoms with E-state index in [1.807, 2.05) is 19.1 Å². The van der Waals surface area contributed by atoms with Gasteiger partial charge in [0.15, 0.2) is 0 Å². The van der Waals surface area contributed by atoms with Crippen molar-refractivity contribution >= 4 is 34.0 Å². The van der Waals surface area contributed by atoms with Gasteiger partial charge in [0.25, 0.3) is 5.91 Å². The number of carbonyl (C=O) groups excluding carboxylic acids is 2. The fourth-order valence-electron chi connectivity index (χ4n) is 2.93. The van der Waals surface area contributed by atoms with E-state index < -0.39 is 5.97 Å². The average molecular weight is 509 g/mol. The number of amides is 1. The molecule has 0 saturated carbocycles. The highest BCUT2D eigenvalue weighted by atomic mass is 79.9. The number of rotatable bonds is 9. The minimum atomic E-state index is -0.463. The number of ether oxygens (including phenoxy) is 2. The summed E-state index contributed by atoms with van der Waals surface area (Å²) in [5.41, 5.74) is 4.79. The highest BCUT2D eigenvalue weighted by Crippen LogP contribution is 2.23. The van der Waals surface area contributed by atoms with E-state index in [4.69, 9.17) is 9.47 Å². The van der Waals surface area contributed by atoms with Crippen LogP contribution in [0.5, 0.6) is 11.5 Å². The van der Waals surface area contributed by atoms with Crippen molar-refractivity contribution in [1.82, 2.24) is 5.43 Å². The van der Waals surface area contributed by atoms with E-state index in [1.165, 1.54) is 6.21 Å². The van der Waals surface area contributed by atoms with Gasteiger partial charge in [0, 0.05) is 15.6 Å². The van der Waals surface area contributed by atoms with Gasteiger partial charge < -0.3 is 9.47 Å².